The van der Waals surface area contributed by atoms with E-state index in [0.717, 1.165) is 0 Å². The Kier molecular flexibility index (Phi) is 10.9. The monoisotopic (exact) mass is 419 g/mol. The smallest absolute Gasteiger partial charge is 0.325 e. The minimum Gasteiger partial charge on any atom is -0.481 e. The molecule has 0 saturated carbocycles. The summed E-state index contributed by atoms with van der Waals surface area (Å²) in [5, 5.41) is 33.1. The second-order valence-electron chi connectivity index (χ2n) is 6.08. The summed E-state index contributed by atoms with van der Waals surface area (Å²) in [6.07, 6.45) is -1.31. The number of primary amides is 1. The Morgan fingerprint density at radius 2 is 1.41 bits per heavy atom. The molecule has 0 rings (SSSR count). The average molecular weight is 419 g/mol. The summed E-state index contributed by atoms with van der Waals surface area (Å²) in [6, 6.07) is -5.75. The molecule has 164 valence electrons. The normalized spacial score (nSPS) is 14.6. The molecule has 0 spiro atoms. The van der Waals surface area contributed by atoms with Crippen molar-refractivity contribution in [3.8, 4) is 0 Å². The number of rotatable bonds is 13. The number of aliphatic carboxylic acids is 2. The minimum atomic E-state index is -1.58. The van der Waals surface area contributed by atoms with Gasteiger partial charge in [0.2, 0.25) is 23.6 Å². The summed E-state index contributed by atoms with van der Waals surface area (Å²) >= 11 is 0. The standard InChI is InChI=1S/C15H25N5O9/c1-6(15(28)29)18-13(26)8(2-3-10(17)22)19-14(27)9(5-21)20-12(25)7(16)4-11(23)24/h6-9,21H,2-5,16H2,1H3,(H2,17,22)(H,18,26)(H,19,27)(H,20,25)(H,23,24)(H,28,29). The maximum atomic E-state index is 12.3. The molecule has 0 saturated heterocycles. The zero-order valence-corrected chi connectivity index (χ0v) is 15.6. The van der Waals surface area contributed by atoms with Crippen LogP contribution in [0.1, 0.15) is 26.2 Å². The van der Waals surface area contributed by atoms with Crippen molar-refractivity contribution >= 4 is 35.6 Å². The number of carbonyl (C=O) groups excluding carboxylic acids is 4. The fourth-order valence-electron chi connectivity index (χ4n) is 1.96. The van der Waals surface area contributed by atoms with Crippen LogP contribution >= 0.6 is 0 Å². The topological polar surface area (TPSA) is 251 Å². The molecule has 14 nitrogen and oxygen atoms in total. The van der Waals surface area contributed by atoms with Crippen LogP contribution in [-0.2, 0) is 28.8 Å². The van der Waals surface area contributed by atoms with Crippen molar-refractivity contribution in [3.63, 3.8) is 0 Å². The highest BCUT2D eigenvalue weighted by molar-refractivity contribution is 5.94. The SMILES string of the molecule is CC(NC(=O)C(CCC(N)=O)NC(=O)C(CO)NC(=O)C(N)CC(=O)O)C(=O)O. The van der Waals surface area contributed by atoms with E-state index in [2.05, 4.69) is 10.6 Å². The van der Waals surface area contributed by atoms with Crippen LogP contribution in [0.5, 0.6) is 0 Å². The minimum absolute atomic E-state index is 0.274. The van der Waals surface area contributed by atoms with E-state index in [9.17, 15) is 33.9 Å². The van der Waals surface area contributed by atoms with E-state index in [1.54, 1.807) is 0 Å². The molecule has 29 heavy (non-hydrogen) atoms. The summed E-state index contributed by atoms with van der Waals surface area (Å²) in [6.45, 7) is 0.265. The van der Waals surface area contributed by atoms with Crippen molar-refractivity contribution in [1.82, 2.24) is 16.0 Å². The molecule has 0 aromatic carbocycles. The largest absolute Gasteiger partial charge is 0.481 e. The molecule has 0 aliphatic rings. The number of amides is 4. The van der Waals surface area contributed by atoms with Gasteiger partial charge in [0.05, 0.1) is 19.1 Å². The van der Waals surface area contributed by atoms with Crippen molar-refractivity contribution in [2.24, 2.45) is 11.5 Å². The van der Waals surface area contributed by atoms with Gasteiger partial charge >= 0.3 is 11.9 Å². The third-order valence-electron chi connectivity index (χ3n) is 3.59. The molecule has 0 aromatic heterocycles. The zero-order valence-electron chi connectivity index (χ0n) is 15.6. The van der Waals surface area contributed by atoms with Crippen LogP contribution in [0.2, 0.25) is 0 Å². The summed E-state index contributed by atoms with van der Waals surface area (Å²) in [5.74, 6) is -6.48. The van der Waals surface area contributed by atoms with E-state index in [0.29, 0.717) is 0 Å². The van der Waals surface area contributed by atoms with Gasteiger partial charge in [0.1, 0.15) is 18.1 Å². The summed E-state index contributed by atoms with van der Waals surface area (Å²) < 4.78 is 0. The highest BCUT2D eigenvalue weighted by Crippen LogP contribution is 2.01. The lowest BCUT2D eigenvalue weighted by atomic mass is 10.1. The second kappa shape index (κ2) is 12.2. The number of aliphatic hydroxyl groups excluding tert-OH is 1. The molecular formula is C15H25N5O9. The number of nitrogens with one attached hydrogen (secondary N) is 3. The van der Waals surface area contributed by atoms with Gasteiger partial charge in [0.15, 0.2) is 0 Å². The van der Waals surface area contributed by atoms with Gasteiger partial charge in [-0.2, -0.15) is 0 Å². The van der Waals surface area contributed by atoms with E-state index in [-0.39, 0.29) is 12.8 Å². The van der Waals surface area contributed by atoms with Gasteiger partial charge in [-0.05, 0) is 13.3 Å². The Balaban J connectivity index is 5.15. The number of hydrogen-bond acceptors (Lipinski definition) is 8. The molecule has 4 unspecified atom stereocenters. The Labute approximate surface area is 165 Å². The molecule has 0 aromatic rings. The average Bonchev–Trinajstić information content (AvgIpc) is 2.61. The highest BCUT2D eigenvalue weighted by Gasteiger charge is 2.29. The molecule has 0 bridgehead atoms. The fourth-order valence-corrected chi connectivity index (χ4v) is 1.96. The summed E-state index contributed by atoms with van der Waals surface area (Å²) in [7, 11) is 0. The van der Waals surface area contributed by atoms with Crippen LogP contribution in [0.3, 0.4) is 0 Å². The second-order valence-corrected chi connectivity index (χ2v) is 6.08. The van der Waals surface area contributed by atoms with Crippen molar-refractivity contribution in [2.75, 3.05) is 6.61 Å². The number of nitrogens with two attached hydrogens (primary N) is 2. The molecule has 10 N–H and O–H groups in total. The van der Waals surface area contributed by atoms with Gasteiger partial charge in [-0.1, -0.05) is 0 Å². The lowest BCUT2D eigenvalue weighted by Gasteiger charge is -2.23. The maximum absolute atomic E-state index is 12.3. The van der Waals surface area contributed by atoms with E-state index < -0.39 is 72.8 Å². The van der Waals surface area contributed by atoms with Crippen molar-refractivity contribution in [1.29, 1.82) is 0 Å². The first kappa shape index (κ1) is 25.7. The molecule has 0 aliphatic carbocycles. The highest BCUT2D eigenvalue weighted by atomic mass is 16.4. The van der Waals surface area contributed by atoms with Gasteiger partial charge in [-0.3, -0.25) is 28.8 Å². The van der Waals surface area contributed by atoms with Crippen LogP contribution in [0.4, 0.5) is 0 Å². The Bertz CT molecular complexity index is 654. The predicted octanol–water partition coefficient (Wildman–Crippen LogP) is -4.39. The van der Waals surface area contributed by atoms with E-state index in [1.165, 1.54) is 6.92 Å². The number of carboxylic acid groups (broad SMARTS) is 2. The number of carbonyl (C=O) groups is 6. The Hall–Kier alpha value is -3.26. The number of hydrogen-bond donors (Lipinski definition) is 8. The predicted molar refractivity (Wildman–Crippen MR) is 94.8 cm³/mol. The van der Waals surface area contributed by atoms with Gasteiger partial charge in [0.25, 0.3) is 0 Å². The molecule has 4 atom stereocenters. The molecule has 0 fully saturated rings. The lowest BCUT2D eigenvalue weighted by molar-refractivity contribution is -0.142. The van der Waals surface area contributed by atoms with E-state index in [4.69, 9.17) is 21.7 Å². The van der Waals surface area contributed by atoms with Crippen molar-refractivity contribution in [2.45, 2.75) is 50.4 Å². The Morgan fingerprint density at radius 3 is 1.86 bits per heavy atom. The fraction of sp³-hybridized carbons (Fsp3) is 0.600. The van der Waals surface area contributed by atoms with E-state index >= 15 is 0 Å². The molecule has 0 radical (unpaired) electrons. The number of carboxylic acids is 2. The van der Waals surface area contributed by atoms with Crippen LogP contribution < -0.4 is 27.4 Å². The van der Waals surface area contributed by atoms with Gasteiger partial charge < -0.3 is 42.7 Å². The summed E-state index contributed by atoms with van der Waals surface area (Å²) in [4.78, 5) is 68.7. The van der Waals surface area contributed by atoms with Gasteiger partial charge in [-0.15, -0.1) is 0 Å². The van der Waals surface area contributed by atoms with Crippen molar-refractivity contribution < 1.29 is 44.1 Å². The third kappa shape index (κ3) is 10.0. The first-order valence-electron chi connectivity index (χ1n) is 8.39. The van der Waals surface area contributed by atoms with Crippen LogP contribution in [-0.4, -0.2) is 81.7 Å². The molecule has 0 aliphatic heterocycles. The quantitative estimate of drug-likeness (QED) is 0.142. The van der Waals surface area contributed by atoms with Gasteiger partial charge in [-0.25, -0.2) is 0 Å². The van der Waals surface area contributed by atoms with E-state index in [1.807, 2.05) is 5.32 Å². The summed E-state index contributed by atoms with van der Waals surface area (Å²) in [5.41, 5.74) is 10.4. The van der Waals surface area contributed by atoms with Crippen LogP contribution in [0.15, 0.2) is 0 Å². The molecular weight excluding hydrogens is 394 g/mol. The third-order valence-corrected chi connectivity index (χ3v) is 3.59. The first-order valence-corrected chi connectivity index (χ1v) is 8.39. The lowest BCUT2D eigenvalue weighted by Crippen LogP contribution is -2.58. The Morgan fingerprint density at radius 1 is 0.897 bits per heavy atom. The number of aliphatic hydroxyl groups is 1. The van der Waals surface area contributed by atoms with Gasteiger partial charge in [0, 0.05) is 6.42 Å². The molecule has 4 amide bonds. The molecule has 14 heteroatoms. The first-order chi connectivity index (χ1) is 13.4. The maximum Gasteiger partial charge on any atom is 0.325 e. The van der Waals surface area contributed by atoms with Crippen LogP contribution in [0, 0.1) is 0 Å². The van der Waals surface area contributed by atoms with Crippen LogP contribution in [0.25, 0.3) is 0 Å². The molecule has 0 heterocycles. The van der Waals surface area contributed by atoms with Crippen molar-refractivity contribution in [3.05, 3.63) is 0 Å². The zero-order chi connectivity index (χ0) is 22.7.